The first kappa shape index (κ1) is 15.2. The third kappa shape index (κ3) is 3.76. The van der Waals surface area contributed by atoms with Crippen molar-refractivity contribution in [2.45, 2.75) is 13.3 Å². The summed E-state index contributed by atoms with van der Waals surface area (Å²) in [7, 11) is 0. The third-order valence-electron chi connectivity index (χ3n) is 3.62. The molecule has 0 radical (unpaired) electrons. The minimum Gasteiger partial charge on any atom is -0.441 e. The number of nitrogens with one attached hydrogen (secondary N) is 1. The molecule has 5 nitrogen and oxygen atoms in total. The molecule has 0 atom stereocenters. The molecule has 0 aliphatic carbocycles. The molecule has 0 aliphatic rings. The van der Waals surface area contributed by atoms with E-state index in [9.17, 15) is 4.79 Å². The van der Waals surface area contributed by atoms with Crippen LogP contribution in [0.4, 0.5) is 0 Å². The SMILES string of the molecule is Cc1oc(-c2ccccc2)nc1CCNCC(=O)n1cccc1. The van der Waals surface area contributed by atoms with Crippen molar-refractivity contribution in [1.29, 1.82) is 0 Å². The minimum absolute atomic E-state index is 0.0249. The first-order valence-corrected chi connectivity index (χ1v) is 7.62. The molecular formula is C18H19N3O2. The van der Waals surface area contributed by atoms with Crippen molar-refractivity contribution in [3.63, 3.8) is 0 Å². The average Bonchev–Trinajstić information content (AvgIpc) is 3.22. The van der Waals surface area contributed by atoms with Crippen LogP contribution in [0.25, 0.3) is 11.5 Å². The van der Waals surface area contributed by atoms with E-state index in [2.05, 4.69) is 10.3 Å². The van der Waals surface area contributed by atoms with Crippen molar-refractivity contribution in [2.24, 2.45) is 0 Å². The van der Waals surface area contributed by atoms with Crippen LogP contribution in [-0.2, 0) is 6.42 Å². The Morgan fingerprint density at radius 2 is 1.91 bits per heavy atom. The number of carbonyl (C=O) groups is 1. The molecule has 1 N–H and O–H groups in total. The van der Waals surface area contributed by atoms with Crippen LogP contribution in [-0.4, -0.2) is 28.5 Å². The Labute approximate surface area is 135 Å². The number of aryl methyl sites for hydroxylation is 1. The molecule has 2 heterocycles. The van der Waals surface area contributed by atoms with Gasteiger partial charge in [0.15, 0.2) is 0 Å². The molecule has 0 unspecified atom stereocenters. The number of nitrogens with zero attached hydrogens (tertiary/aromatic N) is 2. The number of hydrogen-bond donors (Lipinski definition) is 1. The topological polar surface area (TPSA) is 60.1 Å². The first-order valence-electron chi connectivity index (χ1n) is 7.62. The zero-order valence-electron chi connectivity index (χ0n) is 13.0. The highest BCUT2D eigenvalue weighted by atomic mass is 16.4. The van der Waals surface area contributed by atoms with E-state index in [4.69, 9.17) is 4.42 Å². The number of oxazole rings is 1. The fourth-order valence-electron chi connectivity index (χ4n) is 2.36. The zero-order chi connectivity index (χ0) is 16.1. The predicted octanol–water partition coefficient (Wildman–Crippen LogP) is 2.92. The van der Waals surface area contributed by atoms with E-state index in [1.54, 1.807) is 17.0 Å². The Hall–Kier alpha value is -2.66. The Kier molecular flexibility index (Phi) is 4.68. The molecule has 23 heavy (non-hydrogen) atoms. The summed E-state index contributed by atoms with van der Waals surface area (Å²) in [5.74, 6) is 1.49. The van der Waals surface area contributed by atoms with Gasteiger partial charge in [-0.2, -0.15) is 0 Å². The van der Waals surface area contributed by atoms with Crippen LogP contribution in [0.5, 0.6) is 0 Å². The first-order chi connectivity index (χ1) is 11.2. The molecule has 0 aliphatic heterocycles. The van der Waals surface area contributed by atoms with Crippen LogP contribution in [0.3, 0.4) is 0 Å². The van der Waals surface area contributed by atoms with E-state index in [0.717, 1.165) is 23.4 Å². The fourth-order valence-corrected chi connectivity index (χ4v) is 2.36. The Balaban J connectivity index is 1.53. The van der Waals surface area contributed by atoms with Crippen LogP contribution in [0.1, 0.15) is 16.2 Å². The lowest BCUT2D eigenvalue weighted by molar-refractivity contribution is 0.0913. The Bertz CT molecular complexity index is 761. The molecule has 1 aromatic carbocycles. The molecule has 0 saturated carbocycles. The summed E-state index contributed by atoms with van der Waals surface area (Å²) in [5, 5.41) is 3.15. The fraction of sp³-hybridized carbons (Fsp3) is 0.222. The lowest BCUT2D eigenvalue weighted by Crippen LogP contribution is -2.28. The van der Waals surface area contributed by atoms with Crippen molar-refractivity contribution in [2.75, 3.05) is 13.1 Å². The van der Waals surface area contributed by atoms with Crippen molar-refractivity contribution in [1.82, 2.24) is 14.9 Å². The van der Waals surface area contributed by atoms with E-state index in [0.29, 0.717) is 19.0 Å². The summed E-state index contributed by atoms with van der Waals surface area (Å²) in [6.07, 6.45) is 4.22. The lowest BCUT2D eigenvalue weighted by Gasteiger charge is -2.03. The number of carbonyl (C=O) groups excluding carboxylic acids is 1. The van der Waals surface area contributed by atoms with Gasteiger partial charge < -0.3 is 9.73 Å². The van der Waals surface area contributed by atoms with Crippen LogP contribution in [0, 0.1) is 6.92 Å². The van der Waals surface area contributed by atoms with E-state index >= 15 is 0 Å². The van der Waals surface area contributed by atoms with Crippen LogP contribution in [0.2, 0.25) is 0 Å². The average molecular weight is 309 g/mol. The molecule has 0 spiro atoms. The van der Waals surface area contributed by atoms with Gasteiger partial charge in [-0.1, -0.05) is 18.2 Å². The van der Waals surface area contributed by atoms with E-state index in [-0.39, 0.29) is 5.91 Å². The standard InChI is InChI=1S/C18H19N3O2/c1-14-16(20-18(23-14)15-7-3-2-4-8-15)9-10-19-13-17(22)21-11-5-6-12-21/h2-8,11-12,19H,9-10,13H2,1H3. The number of rotatable bonds is 6. The predicted molar refractivity (Wildman–Crippen MR) is 88.3 cm³/mol. The highest BCUT2D eigenvalue weighted by Crippen LogP contribution is 2.21. The number of hydrogen-bond acceptors (Lipinski definition) is 4. The van der Waals surface area contributed by atoms with Gasteiger partial charge in [0.25, 0.3) is 0 Å². The third-order valence-corrected chi connectivity index (χ3v) is 3.62. The van der Waals surface area contributed by atoms with Gasteiger partial charge in [0.05, 0.1) is 12.2 Å². The lowest BCUT2D eigenvalue weighted by atomic mass is 10.2. The molecular weight excluding hydrogens is 290 g/mol. The Morgan fingerprint density at radius 3 is 2.65 bits per heavy atom. The van der Waals surface area contributed by atoms with Crippen LogP contribution in [0.15, 0.2) is 59.3 Å². The quantitative estimate of drug-likeness (QED) is 0.711. The number of benzene rings is 1. The van der Waals surface area contributed by atoms with Gasteiger partial charge in [-0.05, 0) is 31.2 Å². The Morgan fingerprint density at radius 1 is 1.17 bits per heavy atom. The second-order valence-electron chi connectivity index (χ2n) is 5.30. The molecule has 2 aromatic heterocycles. The van der Waals surface area contributed by atoms with E-state index < -0.39 is 0 Å². The normalized spacial score (nSPS) is 10.8. The molecule has 0 fully saturated rings. The highest BCUT2D eigenvalue weighted by molar-refractivity contribution is 5.80. The van der Waals surface area contributed by atoms with Crippen molar-refractivity contribution in [3.05, 3.63) is 66.3 Å². The molecule has 3 aromatic rings. The molecule has 118 valence electrons. The smallest absolute Gasteiger partial charge is 0.244 e. The largest absolute Gasteiger partial charge is 0.441 e. The van der Waals surface area contributed by atoms with Crippen LogP contribution >= 0.6 is 0 Å². The molecule has 0 saturated heterocycles. The second-order valence-corrected chi connectivity index (χ2v) is 5.30. The molecule has 0 bridgehead atoms. The maximum Gasteiger partial charge on any atom is 0.244 e. The maximum atomic E-state index is 11.8. The minimum atomic E-state index is 0.0249. The summed E-state index contributed by atoms with van der Waals surface area (Å²) in [6, 6.07) is 13.5. The summed E-state index contributed by atoms with van der Waals surface area (Å²) in [6.45, 7) is 2.89. The maximum absolute atomic E-state index is 11.8. The van der Waals surface area contributed by atoms with E-state index in [1.165, 1.54) is 0 Å². The second kappa shape index (κ2) is 7.07. The van der Waals surface area contributed by atoms with E-state index in [1.807, 2.05) is 49.4 Å². The number of aromatic nitrogens is 2. The van der Waals surface area contributed by atoms with Crippen molar-refractivity contribution < 1.29 is 9.21 Å². The van der Waals surface area contributed by atoms with Gasteiger partial charge in [-0.25, -0.2) is 4.98 Å². The summed E-state index contributed by atoms with van der Waals surface area (Å²) in [5.41, 5.74) is 1.89. The van der Waals surface area contributed by atoms with Crippen molar-refractivity contribution >= 4 is 5.91 Å². The van der Waals surface area contributed by atoms with Gasteiger partial charge in [0, 0.05) is 30.9 Å². The zero-order valence-corrected chi connectivity index (χ0v) is 13.0. The van der Waals surface area contributed by atoms with Gasteiger partial charge in [0.1, 0.15) is 5.76 Å². The van der Waals surface area contributed by atoms with Crippen LogP contribution < -0.4 is 5.32 Å². The summed E-state index contributed by atoms with van der Waals surface area (Å²) in [4.78, 5) is 16.4. The van der Waals surface area contributed by atoms with Gasteiger partial charge in [0.2, 0.25) is 11.8 Å². The summed E-state index contributed by atoms with van der Waals surface area (Å²) < 4.78 is 7.30. The molecule has 5 heteroatoms. The monoisotopic (exact) mass is 309 g/mol. The summed E-state index contributed by atoms with van der Waals surface area (Å²) >= 11 is 0. The molecule has 3 rings (SSSR count). The van der Waals surface area contributed by atoms with Gasteiger partial charge in [-0.15, -0.1) is 0 Å². The van der Waals surface area contributed by atoms with Gasteiger partial charge in [-0.3, -0.25) is 9.36 Å². The van der Waals surface area contributed by atoms with Crippen molar-refractivity contribution in [3.8, 4) is 11.5 Å². The highest BCUT2D eigenvalue weighted by Gasteiger charge is 2.11. The molecule has 0 amide bonds. The van der Waals surface area contributed by atoms with Gasteiger partial charge >= 0.3 is 0 Å².